The molecule has 2 nitrogen and oxygen atoms in total. The monoisotopic (exact) mass is 266 g/mol. The van der Waals surface area contributed by atoms with Crippen molar-refractivity contribution in [2.45, 2.75) is 52.1 Å². The minimum atomic E-state index is 0.0392. The van der Waals surface area contributed by atoms with Gasteiger partial charge in [-0.3, -0.25) is 4.79 Å². The Labute approximate surface area is 113 Å². The van der Waals surface area contributed by atoms with Crippen LogP contribution in [-0.2, 0) is 4.79 Å². The summed E-state index contributed by atoms with van der Waals surface area (Å²) in [6, 6.07) is 3.97. The van der Waals surface area contributed by atoms with E-state index in [-0.39, 0.29) is 6.10 Å². The molecule has 3 heteroatoms. The number of hydrogen-bond acceptors (Lipinski definition) is 2. The summed E-state index contributed by atoms with van der Waals surface area (Å²) >= 11 is 6.23. The van der Waals surface area contributed by atoms with E-state index in [4.69, 9.17) is 16.3 Å². The summed E-state index contributed by atoms with van der Waals surface area (Å²) in [5.41, 5.74) is 2.13. The van der Waals surface area contributed by atoms with Crippen LogP contribution >= 0.6 is 11.6 Å². The molecule has 1 fully saturated rings. The summed E-state index contributed by atoms with van der Waals surface area (Å²) in [5, 5.41) is 0.789. The van der Waals surface area contributed by atoms with Gasteiger partial charge in [0.25, 0.3) is 0 Å². The number of aryl methyl sites for hydroxylation is 1. The normalized spacial score (nSPS) is 19.6. The Morgan fingerprint density at radius 2 is 2.11 bits per heavy atom. The topological polar surface area (TPSA) is 26.3 Å². The van der Waals surface area contributed by atoms with Crippen LogP contribution in [0.1, 0.15) is 50.2 Å². The maximum Gasteiger partial charge on any atom is 0.136 e. The molecule has 1 aliphatic rings. The Hall–Kier alpha value is -1.02. The van der Waals surface area contributed by atoms with Crippen LogP contribution in [0, 0.1) is 6.92 Å². The number of Topliss-reactive ketones (excluding diaryl/α,β-unsaturated/α-hetero) is 1. The van der Waals surface area contributed by atoms with Gasteiger partial charge >= 0.3 is 0 Å². The minimum Gasteiger partial charge on any atom is -0.490 e. The zero-order chi connectivity index (χ0) is 13.3. The largest absolute Gasteiger partial charge is 0.490 e. The molecule has 2 rings (SSSR count). The summed E-state index contributed by atoms with van der Waals surface area (Å²) in [6.07, 6.45) is 2.06. The second-order valence-corrected chi connectivity index (χ2v) is 5.72. The number of benzene rings is 1. The van der Waals surface area contributed by atoms with Gasteiger partial charge in [-0.1, -0.05) is 25.4 Å². The number of ketones is 1. The van der Waals surface area contributed by atoms with Gasteiger partial charge in [0.15, 0.2) is 0 Å². The lowest BCUT2D eigenvalue weighted by Crippen LogP contribution is -2.13. The summed E-state index contributed by atoms with van der Waals surface area (Å²) in [5.74, 6) is 1.53. The van der Waals surface area contributed by atoms with Gasteiger partial charge in [0.05, 0.1) is 0 Å². The maximum absolute atomic E-state index is 11.3. The number of halogens is 1. The van der Waals surface area contributed by atoms with Crippen molar-refractivity contribution in [3.05, 3.63) is 28.3 Å². The van der Waals surface area contributed by atoms with Crippen LogP contribution in [0.15, 0.2) is 12.1 Å². The minimum absolute atomic E-state index is 0.0392. The Bertz CT molecular complexity index is 466. The maximum atomic E-state index is 11.3. The molecule has 0 radical (unpaired) electrons. The average molecular weight is 267 g/mol. The van der Waals surface area contributed by atoms with Crippen molar-refractivity contribution < 1.29 is 9.53 Å². The molecule has 0 spiro atoms. The molecule has 1 aromatic carbocycles. The van der Waals surface area contributed by atoms with Crippen molar-refractivity contribution in [3.63, 3.8) is 0 Å². The summed E-state index contributed by atoms with van der Waals surface area (Å²) in [6.45, 7) is 6.21. The van der Waals surface area contributed by atoms with Crippen molar-refractivity contribution in [1.82, 2.24) is 0 Å². The van der Waals surface area contributed by atoms with Gasteiger partial charge in [-0.2, -0.15) is 0 Å². The third kappa shape index (κ3) is 2.86. The molecule has 0 amide bonds. The number of hydrogen-bond donors (Lipinski definition) is 0. The van der Waals surface area contributed by atoms with Gasteiger partial charge in [0.1, 0.15) is 17.6 Å². The predicted molar refractivity (Wildman–Crippen MR) is 73.6 cm³/mol. The van der Waals surface area contributed by atoms with E-state index in [1.807, 2.05) is 19.1 Å². The molecule has 98 valence electrons. The second-order valence-electron chi connectivity index (χ2n) is 5.32. The number of ether oxygens (including phenoxy) is 1. The van der Waals surface area contributed by atoms with Crippen LogP contribution in [0.2, 0.25) is 5.02 Å². The average Bonchev–Trinajstić information content (AvgIpc) is 2.67. The van der Waals surface area contributed by atoms with Crippen LogP contribution in [-0.4, -0.2) is 11.9 Å². The molecule has 1 saturated carbocycles. The lowest BCUT2D eigenvalue weighted by atomic mass is 10.0. The summed E-state index contributed by atoms with van der Waals surface area (Å²) < 4.78 is 5.94. The number of carbonyl (C=O) groups is 1. The van der Waals surface area contributed by atoms with E-state index in [9.17, 15) is 4.79 Å². The Kier molecular flexibility index (Phi) is 3.96. The molecule has 0 aromatic heterocycles. The first-order valence-electron chi connectivity index (χ1n) is 6.45. The fraction of sp³-hybridized carbons (Fsp3) is 0.533. The smallest absolute Gasteiger partial charge is 0.136 e. The van der Waals surface area contributed by atoms with Crippen molar-refractivity contribution in [1.29, 1.82) is 0 Å². The van der Waals surface area contributed by atoms with Crippen LogP contribution in [0.4, 0.5) is 0 Å². The molecular weight excluding hydrogens is 248 g/mol. The Morgan fingerprint density at radius 1 is 1.39 bits per heavy atom. The van der Waals surface area contributed by atoms with Crippen LogP contribution < -0.4 is 4.74 Å². The zero-order valence-electron chi connectivity index (χ0n) is 11.1. The Balaban J connectivity index is 2.22. The SMILES string of the molecule is Cc1cc(Cl)c(C(C)C)cc1OC1CCC(=O)C1. The van der Waals surface area contributed by atoms with E-state index < -0.39 is 0 Å². The molecule has 1 aromatic rings. The first kappa shape index (κ1) is 13.4. The standard InChI is InChI=1S/C15H19ClO2/c1-9(2)13-8-15(10(3)6-14(13)16)18-12-5-4-11(17)7-12/h6,8-9,12H,4-5,7H2,1-3H3. The highest BCUT2D eigenvalue weighted by molar-refractivity contribution is 6.31. The fourth-order valence-electron chi connectivity index (χ4n) is 2.30. The summed E-state index contributed by atoms with van der Waals surface area (Å²) in [4.78, 5) is 11.3. The number of carbonyl (C=O) groups excluding carboxylic acids is 1. The van der Waals surface area contributed by atoms with Gasteiger partial charge in [-0.15, -0.1) is 0 Å². The highest BCUT2D eigenvalue weighted by atomic mass is 35.5. The van der Waals surface area contributed by atoms with Crippen molar-refractivity contribution >= 4 is 17.4 Å². The van der Waals surface area contributed by atoms with E-state index in [2.05, 4.69) is 13.8 Å². The van der Waals surface area contributed by atoms with Gasteiger partial charge in [-0.05, 0) is 42.5 Å². The molecular formula is C15H19ClO2. The Morgan fingerprint density at radius 3 is 2.67 bits per heavy atom. The van der Waals surface area contributed by atoms with E-state index in [0.717, 1.165) is 28.3 Å². The van der Waals surface area contributed by atoms with Gasteiger partial charge in [0.2, 0.25) is 0 Å². The van der Waals surface area contributed by atoms with Gasteiger partial charge in [0, 0.05) is 17.9 Å². The molecule has 0 saturated heterocycles. The first-order chi connectivity index (χ1) is 8.47. The molecule has 1 aliphatic carbocycles. The summed E-state index contributed by atoms with van der Waals surface area (Å²) in [7, 11) is 0. The van der Waals surface area contributed by atoms with E-state index in [1.54, 1.807) is 0 Å². The zero-order valence-corrected chi connectivity index (χ0v) is 11.9. The van der Waals surface area contributed by atoms with Crippen LogP contribution in [0.3, 0.4) is 0 Å². The van der Waals surface area contributed by atoms with Crippen molar-refractivity contribution in [2.24, 2.45) is 0 Å². The highest BCUT2D eigenvalue weighted by Crippen LogP contribution is 2.33. The molecule has 0 bridgehead atoms. The van der Waals surface area contributed by atoms with E-state index in [0.29, 0.717) is 24.5 Å². The van der Waals surface area contributed by atoms with Crippen LogP contribution in [0.5, 0.6) is 5.75 Å². The second kappa shape index (κ2) is 5.31. The van der Waals surface area contributed by atoms with Crippen molar-refractivity contribution in [3.8, 4) is 5.75 Å². The highest BCUT2D eigenvalue weighted by Gasteiger charge is 2.24. The molecule has 0 aliphatic heterocycles. The lowest BCUT2D eigenvalue weighted by Gasteiger charge is -2.18. The molecule has 1 atom stereocenters. The third-order valence-electron chi connectivity index (χ3n) is 3.41. The quantitative estimate of drug-likeness (QED) is 0.817. The first-order valence-corrected chi connectivity index (χ1v) is 6.83. The molecule has 0 heterocycles. The van der Waals surface area contributed by atoms with Crippen LogP contribution in [0.25, 0.3) is 0 Å². The molecule has 1 unspecified atom stereocenters. The number of rotatable bonds is 3. The van der Waals surface area contributed by atoms with E-state index >= 15 is 0 Å². The van der Waals surface area contributed by atoms with Crippen molar-refractivity contribution in [2.75, 3.05) is 0 Å². The fourth-order valence-corrected chi connectivity index (χ4v) is 2.73. The van der Waals surface area contributed by atoms with E-state index in [1.165, 1.54) is 0 Å². The molecule has 18 heavy (non-hydrogen) atoms. The predicted octanol–water partition coefficient (Wildman–Crippen LogP) is 4.27. The lowest BCUT2D eigenvalue weighted by molar-refractivity contribution is -0.117. The third-order valence-corrected chi connectivity index (χ3v) is 3.74. The molecule has 0 N–H and O–H groups in total. The van der Waals surface area contributed by atoms with Gasteiger partial charge < -0.3 is 4.74 Å². The van der Waals surface area contributed by atoms with Gasteiger partial charge in [-0.25, -0.2) is 0 Å².